The molecule has 0 saturated heterocycles. The second kappa shape index (κ2) is 10.1. The summed E-state index contributed by atoms with van der Waals surface area (Å²) >= 11 is 0. The monoisotopic (exact) mass is 299 g/mol. The number of aromatic nitrogens is 3. The average molecular weight is 299 g/mol. The Kier molecular flexibility index (Phi) is 8.37. The van der Waals surface area contributed by atoms with Crippen molar-refractivity contribution >= 4 is 11.9 Å². The van der Waals surface area contributed by atoms with Gasteiger partial charge >= 0.3 is 6.01 Å². The zero-order valence-electron chi connectivity index (χ0n) is 13.0. The van der Waals surface area contributed by atoms with Crippen LogP contribution in [0.3, 0.4) is 0 Å². The molecule has 1 heterocycles. The van der Waals surface area contributed by atoms with Crippen molar-refractivity contribution in [3.05, 3.63) is 0 Å². The van der Waals surface area contributed by atoms with Crippen LogP contribution in [0.2, 0.25) is 0 Å². The van der Waals surface area contributed by atoms with Crippen molar-refractivity contribution in [2.24, 2.45) is 0 Å². The maximum atomic E-state index is 5.62. The maximum absolute atomic E-state index is 5.62. The molecule has 0 bridgehead atoms. The molecular formula is C13H25N5O3. The third kappa shape index (κ3) is 8.26. The number of nitrogen functional groups attached to an aromatic ring is 1. The zero-order chi connectivity index (χ0) is 15.5. The Balaban J connectivity index is 2.24. The minimum Gasteiger partial charge on any atom is -0.461 e. The van der Waals surface area contributed by atoms with E-state index in [1.807, 2.05) is 13.8 Å². The molecule has 8 heteroatoms. The van der Waals surface area contributed by atoms with Crippen LogP contribution >= 0.6 is 0 Å². The summed E-state index contributed by atoms with van der Waals surface area (Å²) < 4.78 is 15.7. The van der Waals surface area contributed by atoms with E-state index in [4.69, 9.17) is 19.9 Å². The predicted molar refractivity (Wildman–Crippen MR) is 80.4 cm³/mol. The first-order valence-electron chi connectivity index (χ1n) is 7.10. The zero-order valence-corrected chi connectivity index (χ0v) is 13.0. The van der Waals surface area contributed by atoms with Crippen LogP contribution in [0.25, 0.3) is 0 Å². The molecule has 3 N–H and O–H groups in total. The molecule has 8 nitrogen and oxygen atoms in total. The van der Waals surface area contributed by atoms with E-state index in [2.05, 4.69) is 20.3 Å². The van der Waals surface area contributed by atoms with Gasteiger partial charge in [0, 0.05) is 20.3 Å². The summed E-state index contributed by atoms with van der Waals surface area (Å²) in [6.07, 6.45) is 1.88. The normalized spacial score (nSPS) is 10.9. The highest BCUT2D eigenvalue weighted by atomic mass is 16.5. The lowest BCUT2D eigenvalue weighted by atomic mass is 10.3. The molecular weight excluding hydrogens is 274 g/mol. The average Bonchev–Trinajstić information content (AvgIpc) is 2.40. The van der Waals surface area contributed by atoms with E-state index in [9.17, 15) is 0 Å². The fraction of sp³-hybridized carbons (Fsp3) is 0.769. The first kappa shape index (κ1) is 17.4. The van der Waals surface area contributed by atoms with E-state index in [0.717, 1.165) is 19.4 Å². The van der Waals surface area contributed by atoms with Gasteiger partial charge in [-0.1, -0.05) is 0 Å². The Labute approximate surface area is 125 Å². The van der Waals surface area contributed by atoms with E-state index in [0.29, 0.717) is 25.8 Å². The summed E-state index contributed by atoms with van der Waals surface area (Å²) in [6.45, 7) is 6.50. The van der Waals surface area contributed by atoms with Crippen LogP contribution in [0, 0.1) is 0 Å². The molecule has 0 spiro atoms. The number of methoxy groups -OCH3 is 1. The fourth-order valence-electron chi connectivity index (χ4n) is 1.49. The number of anilines is 2. The van der Waals surface area contributed by atoms with Crippen LogP contribution in [0.1, 0.15) is 26.7 Å². The van der Waals surface area contributed by atoms with Crippen LogP contribution in [-0.4, -0.2) is 54.5 Å². The number of ether oxygens (including phenoxy) is 3. The maximum Gasteiger partial charge on any atom is 0.323 e. The van der Waals surface area contributed by atoms with Crippen LogP contribution in [0.15, 0.2) is 0 Å². The van der Waals surface area contributed by atoms with E-state index < -0.39 is 0 Å². The van der Waals surface area contributed by atoms with Crippen LogP contribution in [0.5, 0.6) is 6.01 Å². The van der Waals surface area contributed by atoms with Gasteiger partial charge in [-0.25, -0.2) is 0 Å². The minimum absolute atomic E-state index is 0.0103. The van der Waals surface area contributed by atoms with E-state index in [1.165, 1.54) is 0 Å². The SMILES string of the molecule is COCCOCCCCNc1nc(N)nc(OC(C)C)n1. The lowest BCUT2D eigenvalue weighted by Gasteiger charge is -2.10. The summed E-state index contributed by atoms with van der Waals surface area (Å²) in [5.41, 5.74) is 5.62. The molecule has 0 aliphatic heterocycles. The highest BCUT2D eigenvalue weighted by molar-refractivity contribution is 5.32. The van der Waals surface area contributed by atoms with Gasteiger partial charge in [-0.15, -0.1) is 0 Å². The molecule has 0 fully saturated rings. The minimum atomic E-state index is -0.0103. The lowest BCUT2D eigenvalue weighted by molar-refractivity contribution is 0.0691. The highest BCUT2D eigenvalue weighted by Gasteiger charge is 2.06. The van der Waals surface area contributed by atoms with Gasteiger partial charge in [-0.05, 0) is 26.7 Å². The molecule has 1 rings (SSSR count). The second-order valence-corrected chi connectivity index (χ2v) is 4.71. The molecule has 0 unspecified atom stereocenters. The molecule has 0 atom stereocenters. The molecule has 0 aliphatic carbocycles. The highest BCUT2D eigenvalue weighted by Crippen LogP contribution is 2.10. The summed E-state index contributed by atoms with van der Waals surface area (Å²) in [5.74, 6) is 0.574. The van der Waals surface area contributed by atoms with E-state index in [-0.39, 0.29) is 18.1 Å². The quantitative estimate of drug-likeness (QED) is 0.585. The first-order chi connectivity index (χ1) is 10.1. The van der Waals surface area contributed by atoms with E-state index in [1.54, 1.807) is 7.11 Å². The van der Waals surface area contributed by atoms with Gasteiger partial charge in [-0.3, -0.25) is 0 Å². The van der Waals surface area contributed by atoms with E-state index >= 15 is 0 Å². The molecule has 0 amide bonds. The number of nitrogens with one attached hydrogen (secondary N) is 1. The number of nitrogens with zero attached hydrogens (tertiary/aromatic N) is 3. The van der Waals surface area contributed by atoms with Crippen molar-refractivity contribution in [1.82, 2.24) is 15.0 Å². The standard InChI is InChI=1S/C13H25N5O3/c1-10(2)21-13-17-11(14)16-12(18-13)15-6-4-5-7-20-9-8-19-3/h10H,4-9H2,1-3H3,(H3,14,15,16,17,18). The van der Waals surface area contributed by atoms with Crippen LogP contribution < -0.4 is 15.8 Å². The fourth-order valence-corrected chi connectivity index (χ4v) is 1.49. The third-order valence-corrected chi connectivity index (χ3v) is 2.40. The summed E-state index contributed by atoms with van der Waals surface area (Å²) in [5, 5.41) is 3.10. The predicted octanol–water partition coefficient (Wildman–Crippen LogP) is 1.10. The largest absolute Gasteiger partial charge is 0.461 e. The Morgan fingerprint density at radius 1 is 1.10 bits per heavy atom. The Morgan fingerprint density at radius 2 is 1.90 bits per heavy atom. The van der Waals surface area contributed by atoms with Gasteiger partial charge in [0.25, 0.3) is 0 Å². The summed E-state index contributed by atoms with van der Waals surface area (Å²) in [4.78, 5) is 12.1. The van der Waals surface area contributed by atoms with Crippen LogP contribution in [0.4, 0.5) is 11.9 Å². The molecule has 1 aromatic heterocycles. The number of hydrogen-bond donors (Lipinski definition) is 2. The first-order valence-corrected chi connectivity index (χ1v) is 7.10. The number of nitrogens with two attached hydrogens (primary N) is 1. The molecule has 0 aliphatic rings. The molecule has 0 radical (unpaired) electrons. The van der Waals surface area contributed by atoms with Gasteiger partial charge < -0.3 is 25.3 Å². The number of unbranched alkanes of at least 4 members (excludes halogenated alkanes) is 1. The third-order valence-electron chi connectivity index (χ3n) is 2.40. The Morgan fingerprint density at radius 3 is 2.62 bits per heavy atom. The smallest absolute Gasteiger partial charge is 0.323 e. The van der Waals surface area contributed by atoms with Gasteiger partial charge in [0.2, 0.25) is 11.9 Å². The molecule has 0 saturated carbocycles. The van der Waals surface area contributed by atoms with Gasteiger partial charge in [-0.2, -0.15) is 15.0 Å². The molecule has 0 aromatic carbocycles. The van der Waals surface area contributed by atoms with Gasteiger partial charge in [0.05, 0.1) is 19.3 Å². The molecule has 1 aromatic rings. The number of hydrogen-bond acceptors (Lipinski definition) is 8. The van der Waals surface area contributed by atoms with Crippen molar-refractivity contribution in [3.8, 4) is 6.01 Å². The summed E-state index contributed by atoms with van der Waals surface area (Å²) in [6, 6.07) is 0.239. The second-order valence-electron chi connectivity index (χ2n) is 4.71. The molecule has 120 valence electrons. The van der Waals surface area contributed by atoms with Crippen molar-refractivity contribution in [2.75, 3.05) is 44.5 Å². The van der Waals surface area contributed by atoms with Gasteiger partial charge in [0.1, 0.15) is 0 Å². The lowest BCUT2D eigenvalue weighted by Crippen LogP contribution is -2.13. The Bertz CT molecular complexity index is 403. The van der Waals surface area contributed by atoms with Crippen molar-refractivity contribution in [1.29, 1.82) is 0 Å². The van der Waals surface area contributed by atoms with Crippen molar-refractivity contribution in [2.45, 2.75) is 32.8 Å². The Hall–Kier alpha value is -1.67. The van der Waals surface area contributed by atoms with Crippen molar-refractivity contribution < 1.29 is 14.2 Å². The molecule has 21 heavy (non-hydrogen) atoms. The van der Waals surface area contributed by atoms with Crippen LogP contribution in [-0.2, 0) is 9.47 Å². The topological polar surface area (TPSA) is 104 Å². The number of rotatable bonds is 11. The van der Waals surface area contributed by atoms with Gasteiger partial charge in [0.15, 0.2) is 0 Å². The summed E-state index contributed by atoms with van der Waals surface area (Å²) in [7, 11) is 1.66. The van der Waals surface area contributed by atoms with Crippen molar-refractivity contribution in [3.63, 3.8) is 0 Å².